The van der Waals surface area contributed by atoms with E-state index in [0.717, 1.165) is 17.0 Å². The fourth-order valence-corrected chi connectivity index (χ4v) is 1.43. The fraction of sp³-hybridized carbons (Fsp3) is 0.0833. The summed E-state index contributed by atoms with van der Waals surface area (Å²) in [6, 6.07) is 9.41. The predicted octanol–water partition coefficient (Wildman–Crippen LogP) is 2.92. The molecule has 2 aromatic rings. The molecule has 76 valence electrons. The van der Waals surface area contributed by atoms with E-state index in [4.69, 9.17) is 9.52 Å². The zero-order valence-electron chi connectivity index (χ0n) is 8.23. The third-order valence-corrected chi connectivity index (χ3v) is 2.15. The highest BCUT2D eigenvalue weighted by Crippen LogP contribution is 2.23. The van der Waals surface area contributed by atoms with Crippen LogP contribution in [0.25, 0.3) is 16.5 Å². The monoisotopic (exact) mass is 202 g/mol. The van der Waals surface area contributed by atoms with E-state index in [-0.39, 0.29) is 0 Å². The number of hydrogen-bond donors (Lipinski definition) is 1. The molecular weight excluding hydrogens is 192 g/mol. The van der Waals surface area contributed by atoms with Gasteiger partial charge < -0.3 is 9.52 Å². The van der Waals surface area contributed by atoms with Crippen LogP contribution in [0.3, 0.4) is 0 Å². The van der Waals surface area contributed by atoms with Crippen LogP contribution in [-0.2, 0) is 4.79 Å². The Morgan fingerprint density at radius 3 is 2.80 bits per heavy atom. The summed E-state index contributed by atoms with van der Waals surface area (Å²) < 4.78 is 5.50. The Morgan fingerprint density at radius 1 is 1.40 bits per heavy atom. The first kappa shape index (κ1) is 9.52. The van der Waals surface area contributed by atoms with Crippen molar-refractivity contribution in [2.24, 2.45) is 0 Å². The number of aliphatic carboxylic acids is 1. The number of benzene rings is 1. The van der Waals surface area contributed by atoms with Crippen molar-refractivity contribution >= 4 is 22.5 Å². The molecule has 1 aromatic heterocycles. The van der Waals surface area contributed by atoms with E-state index in [0.29, 0.717) is 11.3 Å². The summed E-state index contributed by atoms with van der Waals surface area (Å²) in [5, 5.41) is 9.58. The second-order valence-corrected chi connectivity index (χ2v) is 3.31. The van der Waals surface area contributed by atoms with Gasteiger partial charge in [-0.1, -0.05) is 18.2 Å². The molecule has 0 atom stereocenters. The summed E-state index contributed by atoms with van der Waals surface area (Å²) in [4.78, 5) is 10.5. The molecule has 1 heterocycles. The number of hydrogen-bond acceptors (Lipinski definition) is 2. The van der Waals surface area contributed by atoms with Crippen LogP contribution >= 0.6 is 0 Å². The maximum atomic E-state index is 10.5. The number of rotatable bonds is 2. The lowest BCUT2D eigenvalue weighted by Gasteiger charge is -1.92. The molecule has 0 unspecified atom stereocenters. The van der Waals surface area contributed by atoms with E-state index < -0.39 is 5.97 Å². The first-order chi connectivity index (χ1) is 7.16. The SMILES string of the molecule is C/C(=C\C(=O)O)c1cc2ccccc2o1. The second-order valence-electron chi connectivity index (χ2n) is 3.31. The molecule has 0 saturated heterocycles. The molecule has 2 rings (SSSR count). The molecular formula is C12H10O3. The number of carbonyl (C=O) groups is 1. The van der Waals surface area contributed by atoms with Crippen molar-refractivity contribution in [3.63, 3.8) is 0 Å². The quantitative estimate of drug-likeness (QED) is 0.761. The molecule has 0 aliphatic rings. The summed E-state index contributed by atoms with van der Waals surface area (Å²) in [6.45, 7) is 1.71. The molecule has 0 saturated carbocycles. The van der Waals surface area contributed by atoms with E-state index >= 15 is 0 Å². The molecule has 0 aliphatic heterocycles. The number of fused-ring (bicyclic) bond motifs is 1. The van der Waals surface area contributed by atoms with Crippen molar-refractivity contribution < 1.29 is 14.3 Å². The van der Waals surface area contributed by atoms with Gasteiger partial charge in [0.1, 0.15) is 11.3 Å². The highest BCUT2D eigenvalue weighted by atomic mass is 16.4. The number of furan rings is 1. The zero-order valence-corrected chi connectivity index (χ0v) is 8.23. The van der Waals surface area contributed by atoms with Crippen molar-refractivity contribution in [3.8, 4) is 0 Å². The first-order valence-corrected chi connectivity index (χ1v) is 4.57. The summed E-state index contributed by atoms with van der Waals surface area (Å²) >= 11 is 0. The van der Waals surface area contributed by atoms with Gasteiger partial charge in [0.2, 0.25) is 0 Å². The van der Waals surface area contributed by atoms with Gasteiger partial charge in [-0.05, 0) is 24.6 Å². The van der Waals surface area contributed by atoms with E-state index in [1.165, 1.54) is 0 Å². The van der Waals surface area contributed by atoms with Gasteiger partial charge in [-0.25, -0.2) is 4.79 Å². The van der Waals surface area contributed by atoms with Crippen LogP contribution in [0.4, 0.5) is 0 Å². The molecule has 0 spiro atoms. The van der Waals surface area contributed by atoms with E-state index in [1.54, 1.807) is 6.92 Å². The van der Waals surface area contributed by atoms with Gasteiger partial charge in [0, 0.05) is 11.5 Å². The molecule has 1 N–H and O–H groups in total. The Labute approximate surface area is 86.6 Å². The Balaban J connectivity index is 2.49. The molecule has 15 heavy (non-hydrogen) atoms. The van der Waals surface area contributed by atoms with E-state index in [2.05, 4.69) is 0 Å². The molecule has 3 heteroatoms. The number of para-hydroxylation sites is 1. The van der Waals surface area contributed by atoms with E-state index in [9.17, 15) is 4.79 Å². The largest absolute Gasteiger partial charge is 0.478 e. The van der Waals surface area contributed by atoms with Crippen LogP contribution in [0.1, 0.15) is 12.7 Å². The maximum absolute atomic E-state index is 10.5. The molecule has 0 radical (unpaired) electrons. The normalized spacial score (nSPS) is 11.9. The van der Waals surface area contributed by atoms with Crippen LogP contribution in [0.15, 0.2) is 40.8 Å². The van der Waals surface area contributed by atoms with Crippen molar-refractivity contribution in [2.45, 2.75) is 6.92 Å². The number of carboxylic acid groups (broad SMARTS) is 1. The Hall–Kier alpha value is -2.03. The van der Waals surface area contributed by atoms with Gasteiger partial charge in [0.05, 0.1) is 0 Å². The van der Waals surface area contributed by atoms with Crippen LogP contribution < -0.4 is 0 Å². The van der Waals surface area contributed by atoms with Crippen LogP contribution in [0.5, 0.6) is 0 Å². The predicted molar refractivity (Wildman–Crippen MR) is 57.5 cm³/mol. The lowest BCUT2D eigenvalue weighted by Crippen LogP contribution is -1.88. The minimum Gasteiger partial charge on any atom is -0.478 e. The molecule has 0 aliphatic carbocycles. The first-order valence-electron chi connectivity index (χ1n) is 4.57. The van der Waals surface area contributed by atoms with Crippen molar-refractivity contribution in [2.75, 3.05) is 0 Å². The van der Waals surface area contributed by atoms with Crippen LogP contribution in [-0.4, -0.2) is 11.1 Å². The number of allylic oxidation sites excluding steroid dienone is 1. The fourth-order valence-electron chi connectivity index (χ4n) is 1.43. The molecule has 3 nitrogen and oxygen atoms in total. The minimum absolute atomic E-state index is 0.596. The number of carboxylic acids is 1. The highest BCUT2D eigenvalue weighted by Gasteiger charge is 2.05. The van der Waals surface area contributed by atoms with Gasteiger partial charge in [-0.15, -0.1) is 0 Å². The second kappa shape index (κ2) is 3.61. The van der Waals surface area contributed by atoms with Crippen molar-refractivity contribution in [3.05, 3.63) is 42.2 Å². The third-order valence-electron chi connectivity index (χ3n) is 2.15. The molecule has 0 fully saturated rings. The maximum Gasteiger partial charge on any atom is 0.328 e. The zero-order chi connectivity index (χ0) is 10.8. The average Bonchev–Trinajstić information content (AvgIpc) is 2.59. The van der Waals surface area contributed by atoms with Gasteiger partial charge in [0.15, 0.2) is 0 Å². The standard InChI is InChI=1S/C12H10O3/c1-8(6-12(13)14)11-7-9-4-2-3-5-10(9)15-11/h2-7H,1H3,(H,13,14)/b8-6+. The Kier molecular flexibility index (Phi) is 2.29. The Morgan fingerprint density at radius 2 is 2.13 bits per heavy atom. The highest BCUT2D eigenvalue weighted by molar-refractivity contribution is 5.90. The molecule has 0 bridgehead atoms. The summed E-state index contributed by atoms with van der Waals surface area (Å²) in [5.74, 6) is -0.369. The van der Waals surface area contributed by atoms with Gasteiger partial charge in [0.25, 0.3) is 0 Å². The lowest BCUT2D eigenvalue weighted by atomic mass is 10.2. The van der Waals surface area contributed by atoms with Crippen molar-refractivity contribution in [1.82, 2.24) is 0 Å². The average molecular weight is 202 g/mol. The van der Waals surface area contributed by atoms with Gasteiger partial charge in [-0.3, -0.25) is 0 Å². The third kappa shape index (κ3) is 1.91. The topological polar surface area (TPSA) is 50.4 Å². The summed E-state index contributed by atoms with van der Waals surface area (Å²) in [7, 11) is 0. The summed E-state index contributed by atoms with van der Waals surface area (Å²) in [5.41, 5.74) is 1.38. The Bertz CT molecular complexity index is 502. The van der Waals surface area contributed by atoms with E-state index in [1.807, 2.05) is 30.3 Å². The smallest absolute Gasteiger partial charge is 0.328 e. The lowest BCUT2D eigenvalue weighted by molar-refractivity contribution is -0.131. The van der Waals surface area contributed by atoms with Crippen LogP contribution in [0, 0.1) is 0 Å². The van der Waals surface area contributed by atoms with Gasteiger partial charge >= 0.3 is 5.97 Å². The van der Waals surface area contributed by atoms with Gasteiger partial charge in [-0.2, -0.15) is 0 Å². The summed E-state index contributed by atoms with van der Waals surface area (Å²) in [6.07, 6.45) is 1.14. The van der Waals surface area contributed by atoms with Crippen LogP contribution in [0.2, 0.25) is 0 Å². The minimum atomic E-state index is -0.965. The van der Waals surface area contributed by atoms with Crippen molar-refractivity contribution in [1.29, 1.82) is 0 Å². The molecule has 1 aromatic carbocycles. The molecule has 0 amide bonds.